The highest BCUT2D eigenvalue weighted by Gasteiger charge is 2.41. The van der Waals surface area contributed by atoms with Crippen molar-refractivity contribution in [3.63, 3.8) is 0 Å². The van der Waals surface area contributed by atoms with Gasteiger partial charge in [-0.3, -0.25) is 9.97 Å². The molecule has 4 aromatic rings. The second kappa shape index (κ2) is 10.9. The van der Waals surface area contributed by atoms with E-state index in [1.165, 1.54) is 22.5 Å². The molecule has 7 heteroatoms. The van der Waals surface area contributed by atoms with E-state index in [9.17, 15) is 0 Å². The zero-order chi connectivity index (χ0) is 24.9. The third-order valence-corrected chi connectivity index (χ3v) is 7.22. The van der Waals surface area contributed by atoms with Crippen LogP contribution in [-0.2, 0) is 6.54 Å². The second-order valence-electron chi connectivity index (χ2n) is 9.24. The van der Waals surface area contributed by atoms with E-state index in [-0.39, 0.29) is 12.1 Å². The molecule has 1 aromatic carbocycles. The minimum atomic E-state index is -0.00637. The fourth-order valence-corrected chi connectivity index (χ4v) is 5.40. The van der Waals surface area contributed by atoms with Crippen molar-refractivity contribution < 1.29 is 0 Å². The molecule has 4 heterocycles. The van der Waals surface area contributed by atoms with Gasteiger partial charge in [-0.05, 0) is 80.0 Å². The molecule has 1 aliphatic heterocycles. The topological polar surface area (TPSA) is 58.0 Å². The number of hydrogen-bond donors (Lipinski definition) is 2. The number of anilines is 1. The monoisotopic (exact) mass is 496 g/mol. The molecule has 3 aromatic heterocycles. The van der Waals surface area contributed by atoms with Crippen molar-refractivity contribution in [2.75, 3.05) is 18.4 Å². The summed E-state index contributed by atoms with van der Waals surface area (Å²) in [6, 6.07) is 22.9. The Kier molecular flexibility index (Phi) is 7.28. The van der Waals surface area contributed by atoms with Crippen LogP contribution >= 0.6 is 12.2 Å². The van der Waals surface area contributed by atoms with Crippen LogP contribution in [0.5, 0.6) is 0 Å². The third-order valence-electron chi connectivity index (χ3n) is 6.87. The predicted molar refractivity (Wildman–Crippen MR) is 149 cm³/mol. The maximum atomic E-state index is 5.88. The Balaban J connectivity index is 1.41. The Morgan fingerprint density at radius 3 is 2.58 bits per heavy atom. The molecule has 0 unspecified atom stereocenters. The lowest BCUT2D eigenvalue weighted by molar-refractivity contribution is 0.315. The molecule has 6 nitrogen and oxygen atoms in total. The highest BCUT2D eigenvalue weighted by molar-refractivity contribution is 7.80. The largest absolute Gasteiger partial charge is 0.385 e. The number of hydrogen-bond acceptors (Lipinski definition) is 4. The van der Waals surface area contributed by atoms with Gasteiger partial charge in [0.2, 0.25) is 0 Å². The minimum Gasteiger partial charge on any atom is -0.385 e. The number of nitrogens with zero attached hydrogens (tertiary/aromatic N) is 4. The molecular weight excluding hydrogens is 464 g/mol. The number of benzene rings is 1. The van der Waals surface area contributed by atoms with Crippen molar-refractivity contribution in [3.05, 3.63) is 114 Å². The van der Waals surface area contributed by atoms with Gasteiger partial charge in [-0.2, -0.15) is 0 Å². The van der Waals surface area contributed by atoms with Gasteiger partial charge >= 0.3 is 0 Å². The van der Waals surface area contributed by atoms with Crippen molar-refractivity contribution >= 4 is 23.0 Å². The van der Waals surface area contributed by atoms with Crippen LogP contribution in [0.2, 0.25) is 0 Å². The van der Waals surface area contributed by atoms with Crippen LogP contribution in [0.1, 0.15) is 46.7 Å². The highest BCUT2D eigenvalue weighted by Crippen LogP contribution is 2.41. The summed E-state index contributed by atoms with van der Waals surface area (Å²) in [5.74, 6) is 0. The molecule has 0 aliphatic carbocycles. The summed E-state index contributed by atoms with van der Waals surface area (Å²) in [7, 11) is 0. The van der Waals surface area contributed by atoms with Crippen molar-refractivity contribution in [2.24, 2.45) is 0 Å². The number of rotatable bonds is 9. The molecule has 0 spiro atoms. The molecule has 2 N–H and O–H groups in total. The minimum absolute atomic E-state index is 0.00637. The number of pyridine rings is 2. The zero-order valence-corrected chi connectivity index (χ0v) is 21.6. The van der Waals surface area contributed by atoms with Gasteiger partial charge in [0, 0.05) is 55.3 Å². The zero-order valence-electron chi connectivity index (χ0n) is 20.8. The van der Waals surface area contributed by atoms with E-state index in [0.29, 0.717) is 0 Å². The second-order valence-corrected chi connectivity index (χ2v) is 9.63. The quantitative estimate of drug-likeness (QED) is 0.238. The Morgan fingerprint density at radius 1 is 1.00 bits per heavy atom. The van der Waals surface area contributed by atoms with E-state index in [0.717, 1.165) is 42.5 Å². The molecular formula is C29H32N6S. The molecule has 0 amide bonds. The van der Waals surface area contributed by atoms with E-state index in [1.807, 2.05) is 42.9 Å². The summed E-state index contributed by atoms with van der Waals surface area (Å²) in [5, 5.41) is 7.89. The summed E-state index contributed by atoms with van der Waals surface area (Å²) in [5.41, 5.74) is 7.11. The predicted octanol–water partition coefficient (Wildman–Crippen LogP) is 5.42. The molecule has 0 saturated carbocycles. The molecule has 1 aliphatic rings. The van der Waals surface area contributed by atoms with Crippen LogP contribution < -0.4 is 10.6 Å². The molecule has 2 atom stereocenters. The summed E-state index contributed by atoms with van der Waals surface area (Å²) >= 11 is 5.88. The Morgan fingerprint density at radius 2 is 1.83 bits per heavy atom. The first-order valence-corrected chi connectivity index (χ1v) is 12.8. The van der Waals surface area contributed by atoms with Gasteiger partial charge in [0.05, 0.1) is 17.8 Å². The number of aryl methyl sites for hydroxylation is 1. The van der Waals surface area contributed by atoms with Crippen LogP contribution in [0.3, 0.4) is 0 Å². The van der Waals surface area contributed by atoms with Crippen LogP contribution in [-0.4, -0.2) is 37.6 Å². The van der Waals surface area contributed by atoms with Gasteiger partial charge in [0.1, 0.15) is 0 Å². The maximum Gasteiger partial charge on any atom is 0.170 e. The van der Waals surface area contributed by atoms with Crippen LogP contribution in [0.15, 0.2) is 85.3 Å². The van der Waals surface area contributed by atoms with Gasteiger partial charge in [0.25, 0.3) is 0 Å². The summed E-state index contributed by atoms with van der Waals surface area (Å²) in [6.45, 7) is 6.92. The average molecular weight is 497 g/mol. The third kappa shape index (κ3) is 5.11. The fraction of sp³-hybridized carbons (Fsp3) is 0.276. The highest BCUT2D eigenvalue weighted by atomic mass is 32.1. The lowest BCUT2D eigenvalue weighted by atomic mass is 9.96. The van der Waals surface area contributed by atoms with Gasteiger partial charge in [-0.15, -0.1) is 0 Å². The summed E-state index contributed by atoms with van der Waals surface area (Å²) in [4.78, 5) is 11.3. The Bertz CT molecular complexity index is 1290. The van der Waals surface area contributed by atoms with Crippen molar-refractivity contribution in [3.8, 4) is 0 Å². The van der Waals surface area contributed by atoms with E-state index in [1.54, 1.807) is 0 Å². The first-order valence-electron chi connectivity index (χ1n) is 12.4. The Hall–Kier alpha value is -3.71. The van der Waals surface area contributed by atoms with E-state index >= 15 is 0 Å². The average Bonchev–Trinajstić information content (AvgIpc) is 3.38. The van der Waals surface area contributed by atoms with Crippen molar-refractivity contribution in [1.29, 1.82) is 0 Å². The molecule has 0 radical (unpaired) electrons. The van der Waals surface area contributed by atoms with E-state index in [2.05, 4.69) is 81.4 Å². The first kappa shape index (κ1) is 24.0. The number of para-hydroxylation sites is 1. The van der Waals surface area contributed by atoms with Gasteiger partial charge in [-0.1, -0.05) is 30.3 Å². The van der Waals surface area contributed by atoms with E-state index < -0.39 is 0 Å². The molecule has 0 bridgehead atoms. The van der Waals surface area contributed by atoms with Crippen LogP contribution in [0, 0.1) is 13.8 Å². The van der Waals surface area contributed by atoms with Crippen molar-refractivity contribution in [1.82, 2.24) is 24.8 Å². The molecule has 184 valence electrons. The van der Waals surface area contributed by atoms with Gasteiger partial charge in [0.15, 0.2) is 5.11 Å². The van der Waals surface area contributed by atoms with E-state index in [4.69, 9.17) is 17.2 Å². The normalized spacial score (nSPS) is 17.3. The standard InChI is InChI=1S/C29H32N6S/c1-21-18-25(22(2)35(21)20-23-10-8-14-30-19-23)28-27(26-13-6-7-15-32-26)33-29(36)34(28)17-9-16-31-24-11-4-3-5-12-24/h3-8,10-15,18-19,27-28,31H,9,16-17,20H2,1-2H3,(H,33,36)/t27-,28+/m0/s1. The number of aromatic nitrogens is 3. The lowest BCUT2D eigenvalue weighted by Crippen LogP contribution is -2.31. The SMILES string of the molecule is Cc1cc([C@@H]2[C@H](c3ccccn3)NC(=S)N2CCCNc2ccccc2)c(C)n1Cc1cccnc1. The fourth-order valence-electron chi connectivity index (χ4n) is 5.07. The Labute approximate surface area is 218 Å². The lowest BCUT2D eigenvalue weighted by Gasteiger charge is -2.28. The van der Waals surface area contributed by atoms with Crippen molar-refractivity contribution in [2.45, 2.75) is 38.9 Å². The van der Waals surface area contributed by atoms with Gasteiger partial charge in [-0.25, -0.2) is 0 Å². The van der Waals surface area contributed by atoms with Crippen LogP contribution in [0.4, 0.5) is 5.69 Å². The molecule has 36 heavy (non-hydrogen) atoms. The molecule has 1 fully saturated rings. The van der Waals surface area contributed by atoms with Gasteiger partial charge < -0.3 is 20.1 Å². The smallest absolute Gasteiger partial charge is 0.170 e. The number of nitrogens with one attached hydrogen (secondary N) is 2. The maximum absolute atomic E-state index is 5.88. The first-order chi connectivity index (χ1) is 17.6. The van der Waals surface area contributed by atoms with Crippen LogP contribution in [0.25, 0.3) is 0 Å². The molecule has 5 rings (SSSR count). The number of thiocarbonyl (C=S) groups is 1. The molecule has 1 saturated heterocycles. The summed E-state index contributed by atoms with van der Waals surface area (Å²) in [6.07, 6.45) is 6.58. The summed E-state index contributed by atoms with van der Waals surface area (Å²) < 4.78 is 2.37.